The number of carbonyl (C=O) groups is 1. The lowest BCUT2D eigenvalue weighted by molar-refractivity contribution is 0.0697. The Hall–Kier alpha value is -2.66. The molecule has 0 aromatic heterocycles. The smallest absolute Gasteiger partial charge is 0.337 e. The molecule has 0 fully saturated rings. The Morgan fingerprint density at radius 3 is 2.71 bits per heavy atom. The summed E-state index contributed by atoms with van der Waals surface area (Å²) in [5, 5.41) is 13.5. The molecule has 2 rings (SSSR count). The topological polar surface area (TPSA) is 131 Å². The molecule has 11 heteroatoms. The fourth-order valence-corrected chi connectivity index (χ4v) is 1.97. The van der Waals surface area contributed by atoms with Crippen molar-refractivity contribution in [2.75, 3.05) is 5.43 Å². The summed E-state index contributed by atoms with van der Waals surface area (Å²) in [6.07, 6.45) is 2.16. The van der Waals surface area contributed by atoms with Crippen molar-refractivity contribution in [3.05, 3.63) is 35.8 Å². The maximum Gasteiger partial charge on any atom is 0.337 e. The minimum atomic E-state index is -4.54. The Morgan fingerprint density at radius 1 is 1.43 bits per heavy atom. The van der Waals surface area contributed by atoms with E-state index in [1.54, 1.807) is 0 Å². The van der Waals surface area contributed by atoms with Gasteiger partial charge in [0.05, 0.1) is 22.4 Å². The average Bonchev–Trinajstić information content (AvgIpc) is 2.37. The first kappa shape index (κ1) is 14.7. The highest BCUT2D eigenvalue weighted by Crippen LogP contribution is 2.21. The molecule has 0 amide bonds. The summed E-state index contributed by atoms with van der Waals surface area (Å²) in [6.45, 7) is 0. The van der Waals surface area contributed by atoms with Crippen LogP contribution in [-0.4, -0.2) is 35.5 Å². The highest BCUT2D eigenvalue weighted by Gasteiger charge is 2.18. The first-order chi connectivity index (χ1) is 9.77. The number of hydrazone groups is 1. The van der Waals surface area contributed by atoms with E-state index in [2.05, 4.69) is 16.0 Å². The zero-order valence-electron chi connectivity index (χ0n) is 10.2. The SMILES string of the molecule is O=C(O)c1cc(S(=O)(=O)O)ccc1NN1N=CC=C(F)N1. The number of carboxylic acid groups (broad SMARTS) is 1. The zero-order chi connectivity index (χ0) is 15.6. The number of hydrogen-bond donors (Lipinski definition) is 4. The van der Waals surface area contributed by atoms with Gasteiger partial charge in [0.2, 0.25) is 5.95 Å². The standard InChI is InChI=1S/C10H9FN4O5S/c11-9-3-4-12-15(14-9)13-8-2-1-6(21(18,19)20)5-7(8)10(16)17/h1-5,13-14H,(H,16,17)(H,18,19,20). The van der Waals surface area contributed by atoms with E-state index in [1.165, 1.54) is 0 Å². The third kappa shape index (κ3) is 3.46. The van der Waals surface area contributed by atoms with E-state index in [0.717, 1.165) is 35.7 Å². The third-order valence-electron chi connectivity index (χ3n) is 2.36. The number of nitrogens with one attached hydrogen (secondary N) is 2. The second-order valence-electron chi connectivity index (χ2n) is 3.80. The zero-order valence-corrected chi connectivity index (χ0v) is 11.0. The number of rotatable bonds is 4. The van der Waals surface area contributed by atoms with Gasteiger partial charge in [0, 0.05) is 6.08 Å². The number of halogens is 1. The first-order valence-corrected chi connectivity index (χ1v) is 6.79. The molecule has 9 nitrogen and oxygen atoms in total. The van der Waals surface area contributed by atoms with Crippen LogP contribution in [0.3, 0.4) is 0 Å². The molecule has 0 radical (unpaired) electrons. The highest BCUT2D eigenvalue weighted by molar-refractivity contribution is 7.85. The molecule has 0 spiro atoms. The molecule has 112 valence electrons. The summed E-state index contributed by atoms with van der Waals surface area (Å²) < 4.78 is 43.8. The quantitative estimate of drug-likeness (QED) is 0.468. The van der Waals surface area contributed by atoms with Crippen LogP contribution in [0.25, 0.3) is 0 Å². The summed E-state index contributed by atoms with van der Waals surface area (Å²) in [5.41, 5.74) is 4.05. The monoisotopic (exact) mass is 316 g/mol. The molecule has 0 unspecified atom stereocenters. The van der Waals surface area contributed by atoms with Crippen LogP contribution in [0.1, 0.15) is 10.4 Å². The second kappa shape index (κ2) is 5.38. The number of benzene rings is 1. The summed E-state index contributed by atoms with van der Waals surface area (Å²) in [4.78, 5) is 10.6. The lowest BCUT2D eigenvalue weighted by Crippen LogP contribution is -2.39. The van der Waals surface area contributed by atoms with Crippen molar-refractivity contribution in [1.29, 1.82) is 0 Å². The number of carboxylic acids is 1. The molecule has 4 N–H and O–H groups in total. The van der Waals surface area contributed by atoms with Crippen molar-refractivity contribution in [1.82, 2.24) is 10.7 Å². The van der Waals surface area contributed by atoms with Crippen LogP contribution in [-0.2, 0) is 10.1 Å². The van der Waals surface area contributed by atoms with Gasteiger partial charge in [-0.3, -0.25) is 9.98 Å². The van der Waals surface area contributed by atoms with Crippen LogP contribution in [0, 0.1) is 0 Å². The second-order valence-corrected chi connectivity index (χ2v) is 5.22. The van der Waals surface area contributed by atoms with Crippen LogP contribution < -0.4 is 10.9 Å². The van der Waals surface area contributed by atoms with Gasteiger partial charge in [-0.1, -0.05) is 0 Å². The van der Waals surface area contributed by atoms with Crippen molar-refractivity contribution >= 4 is 28.0 Å². The van der Waals surface area contributed by atoms with E-state index < -0.39 is 32.5 Å². The fraction of sp³-hybridized carbons (Fsp3) is 0. The van der Waals surface area contributed by atoms with E-state index in [-0.39, 0.29) is 5.69 Å². The van der Waals surface area contributed by atoms with Gasteiger partial charge in [-0.05, 0) is 18.2 Å². The minimum Gasteiger partial charge on any atom is -0.478 e. The Morgan fingerprint density at radius 2 is 2.14 bits per heavy atom. The van der Waals surface area contributed by atoms with Gasteiger partial charge in [-0.2, -0.15) is 12.8 Å². The third-order valence-corrected chi connectivity index (χ3v) is 3.21. The number of hydrazine groups is 2. The predicted molar refractivity (Wildman–Crippen MR) is 69.5 cm³/mol. The molecule has 21 heavy (non-hydrogen) atoms. The van der Waals surface area contributed by atoms with Crippen LogP contribution in [0.4, 0.5) is 10.1 Å². The van der Waals surface area contributed by atoms with Gasteiger partial charge >= 0.3 is 5.97 Å². The van der Waals surface area contributed by atoms with E-state index in [9.17, 15) is 17.6 Å². The van der Waals surface area contributed by atoms with Crippen LogP contribution in [0.2, 0.25) is 0 Å². The number of allylic oxidation sites excluding steroid dienone is 1. The average molecular weight is 316 g/mol. The van der Waals surface area contributed by atoms with Crippen molar-refractivity contribution in [3.63, 3.8) is 0 Å². The first-order valence-electron chi connectivity index (χ1n) is 5.35. The molecular weight excluding hydrogens is 307 g/mol. The van der Waals surface area contributed by atoms with Gasteiger partial charge in [0.1, 0.15) is 0 Å². The van der Waals surface area contributed by atoms with Gasteiger partial charge in [0.25, 0.3) is 10.1 Å². The lowest BCUT2D eigenvalue weighted by Gasteiger charge is -2.23. The van der Waals surface area contributed by atoms with Gasteiger partial charge < -0.3 is 5.11 Å². The number of hydrogen-bond acceptors (Lipinski definition) is 7. The molecule has 0 saturated carbocycles. The van der Waals surface area contributed by atoms with Crippen LogP contribution in [0.15, 0.2) is 40.2 Å². The Kier molecular flexibility index (Phi) is 3.78. The molecule has 1 aromatic rings. The van der Waals surface area contributed by atoms with Crippen molar-refractivity contribution < 1.29 is 27.3 Å². The molecular formula is C10H9FN4O5S. The fourth-order valence-electron chi connectivity index (χ4n) is 1.46. The summed E-state index contributed by atoms with van der Waals surface area (Å²) >= 11 is 0. The van der Waals surface area contributed by atoms with Crippen LogP contribution >= 0.6 is 0 Å². The summed E-state index contributed by atoms with van der Waals surface area (Å²) in [7, 11) is -4.54. The van der Waals surface area contributed by atoms with Crippen molar-refractivity contribution in [2.24, 2.45) is 5.10 Å². The Labute approximate surface area is 118 Å². The molecule has 1 aliphatic rings. The maximum atomic E-state index is 13.0. The minimum absolute atomic E-state index is 0.0609. The van der Waals surface area contributed by atoms with Crippen LogP contribution in [0.5, 0.6) is 0 Å². The normalized spacial score (nSPS) is 14.4. The number of anilines is 1. The number of aromatic carboxylic acids is 1. The lowest BCUT2D eigenvalue weighted by atomic mass is 10.2. The molecule has 0 saturated heterocycles. The largest absolute Gasteiger partial charge is 0.478 e. The molecule has 0 aliphatic carbocycles. The van der Waals surface area contributed by atoms with E-state index in [4.69, 9.17) is 9.66 Å². The van der Waals surface area contributed by atoms with Crippen molar-refractivity contribution in [2.45, 2.75) is 4.90 Å². The number of nitrogens with zero attached hydrogens (tertiary/aromatic N) is 2. The van der Waals surface area contributed by atoms with E-state index >= 15 is 0 Å². The molecule has 1 aromatic carbocycles. The van der Waals surface area contributed by atoms with E-state index in [1.807, 2.05) is 0 Å². The molecule has 0 bridgehead atoms. The van der Waals surface area contributed by atoms with Gasteiger partial charge in [0.15, 0.2) is 0 Å². The van der Waals surface area contributed by atoms with E-state index in [0.29, 0.717) is 0 Å². The van der Waals surface area contributed by atoms with Crippen molar-refractivity contribution in [3.8, 4) is 0 Å². The van der Waals surface area contributed by atoms with Gasteiger partial charge in [-0.25, -0.2) is 10.2 Å². The molecule has 1 heterocycles. The summed E-state index contributed by atoms with van der Waals surface area (Å²) in [6, 6.07) is 2.85. The molecule has 1 aliphatic heterocycles. The Balaban J connectivity index is 2.34. The maximum absolute atomic E-state index is 13.0. The Bertz CT molecular complexity index is 746. The molecule has 0 atom stereocenters. The predicted octanol–water partition coefficient (Wildman–Crippen LogP) is 0.575. The summed E-state index contributed by atoms with van der Waals surface area (Å²) in [5.74, 6) is -2.18. The van der Waals surface area contributed by atoms with Gasteiger partial charge in [-0.15, -0.1) is 10.3 Å². The highest BCUT2D eigenvalue weighted by atomic mass is 32.2.